The van der Waals surface area contributed by atoms with E-state index in [2.05, 4.69) is 4.72 Å². The molecule has 0 spiro atoms. The average molecular weight is 303 g/mol. The number of thiophene rings is 1. The molecule has 1 aliphatic carbocycles. The van der Waals surface area contributed by atoms with Gasteiger partial charge in [-0.2, -0.15) is 0 Å². The second-order valence-corrected chi connectivity index (χ2v) is 7.53. The Hall–Kier alpha value is -1.08. The molecule has 0 radical (unpaired) electrons. The number of rotatable bonds is 4. The summed E-state index contributed by atoms with van der Waals surface area (Å²) in [5, 5.41) is 0.403. The summed E-state index contributed by atoms with van der Waals surface area (Å²) < 4.78 is 30.7. The molecule has 0 saturated heterocycles. The first-order valence-corrected chi connectivity index (χ1v) is 8.68. The van der Waals surface area contributed by atoms with Crippen LogP contribution in [0.4, 0.5) is 5.00 Å². The van der Waals surface area contributed by atoms with Gasteiger partial charge in [-0.25, -0.2) is 13.2 Å². The van der Waals surface area contributed by atoms with Crippen molar-refractivity contribution in [3.63, 3.8) is 0 Å². The minimum Gasteiger partial charge on any atom is -0.465 e. The van der Waals surface area contributed by atoms with E-state index in [9.17, 15) is 13.2 Å². The monoisotopic (exact) mass is 303 g/mol. The number of methoxy groups -OCH3 is 1. The lowest BCUT2D eigenvalue weighted by Gasteiger charge is -2.11. The van der Waals surface area contributed by atoms with Crippen LogP contribution >= 0.6 is 11.3 Å². The molecule has 0 aromatic carbocycles. The molecule has 1 N–H and O–H groups in total. The Morgan fingerprint density at radius 1 is 1.37 bits per heavy atom. The van der Waals surface area contributed by atoms with E-state index in [1.165, 1.54) is 18.4 Å². The maximum atomic E-state index is 11.9. The molecule has 0 amide bonds. The Labute approximate surface area is 117 Å². The maximum Gasteiger partial charge on any atom is 0.341 e. The molecule has 0 saturated carbocycles. The molecular weight excluding hydrogens is 286 g/mol. The molecule has 0 fully saturated rings. The molecule has 1 aromatic rings. The fourth-order valence-corrected chi connectivity index (χ4v) is 4.37. The summed E-state index contributed by atoms with van der Waals surface area (Å²) in [5.74, 6) is -0.482. The zero-order valence-electron chi connectivity index (χ0n) is 11.0. The Morgan fingerprint density at radius 3 is 2.68 bits per heavy atom. The quantitative estimate of drug-likeness (QED) is 0.865. The molecule has 2 rings (SSSR count). The minimum atomic E-state index is -3.38. The van der Waals surface area contributed by atoms with Crippen LogP contribution in [0.5, 0.6) is 0 Å². The van der Waals surface area contributed by atoms with Crippen molar-refractivity contribution in [2.45, 2.75) is 32.6 Å². The summed E-state index contributed by atoms with van der Waals surface area (Å²) in [6, 6.07) is 0. The molecule has 0 atom stereocenters. The van der Waals surface area contributed by atoms with Crippen LogP contribution in [0.3, 0.4) is 0 Å². The topological polar surface area (TPSA) is 72.5 Å². The first-order valence-electron chi connectivity index (χ1n) is 6.22. The number of fused-ring (bicyclic) bond motifs is 1. The van der Waals surface area contributed by atoms with E-state index in [4.69, 9.17) is 4.74 Å². The molecule has 1 heterocycles. The van der Waals surface area contributed by atoms with Gasteiger partial charge in [-0.15, -0.1) is 11.3 Å². The van der Waals surface area contributed by atoms with Crippen LogP contribution in [0.15, 0.2) is 0 Å². The molecular formula is C12H17NO4S2. The summed E-state index contributed by atoms with van der Waals surface area (Å²) >= 11 is 1.36. The van der Waals surface area contributed by atoms with Gasteiger partial charge in [0.05, 0.1) is 18.4 Å². The number of esters is 1. The van der Waals surface area contributed by atoms with E-state index in [1.807, 2.05) is 0 Å². The van der Waals surface area contributed by atoms with Gasteiger partial charge in [-0.3, -0.25) is 4.72 Å². The molecule has 0 bridgehead atoms. The smallest absolute Gasteiger partial charge is 0.341 e. The Balaban J connectivity index is 2.48. The molecule has 5 nitrogen and oxygen atoms in total. The number of carbonyl (C=O) groups is 1. The first kappa shape index (κ1) is 14.3. The van der Waals surface area contributed by atoms with Gasteiger partial charge < -0.3 is 4.74 Å². The fourth-order valence-electron chi connectivity index (χ4n) is 2.17. The predicted octanol–water partition coefficient (Wildman–Crippen LogP) is 2.18. The van der Waals surface area contributed by atoms with Gasteiger partial charge in [-0.1, -0.05) is 0 Å². The summed E-state index contributed by atoms with van der Waals surface area (Å²) in [7, 11) is -2.07. The van der Waals surface area contributed by atoms with Crippen molar-refractivity contribution in [3.8, 4) is 0 Å². The third-order valence-corrected chi connectivity index (χ3v) is 5.80. The van der Waals surface area contributed by atoms with Crippen molar-refractivity contribution >= 4 is 32.3 Å². The van der Waals surface area contributed by atoms with Gasteiger partial charge >= 0.3 is 5.97 Å². The second-order valence-electron chi connectivity index (χ2n) is 4.41. The van der Waals surface area contributed by atoms with Gasteiger partial charge in [0.25, 0.3) is 0 Å². The van der Waals surface area contributed by atoms with Crippen molar-refractivity contribution in [1.82, 2.24) is 0 Å². The van der Waals surface area contributed by atoms with Gasteiger partial charge in [0, 0.05) is 4.88 Å². The van der Waals surface area contributed by atoms with Crippen molar-refractivity contribution in [3.05, 3.63) is 16.0 Å². The number of ether oxygens (including phenoxy) is 1. The molecule has 19 heavy (non-hydrogen) atoms. The molecule has 7 heteroatoms. The summed E-state index contributed by atoms with van der Waals surface area (Å²) in [6.45, 7) is 1.56. The Bertz CT molecular complexity index is 589. The summed E-state index contributed by atoms with van der Waals surface area (Å²) in [4.78, 5) is 13.0. The minimum absolute atomic E-state index is 0.0177. The number of hydrogen-bond acceptors (Lipinski definition) is 5. The van der Waals surface area contributed by atoms with Crippen molar-refractivity contribution < 1.29 is 17.9 Å². The normalized spacial score (nSPS) is 14.8. The SMILES string of the molecule is CCS(=O)(=O)Nc1sc2c(c1C(=O)OC)CCCC2. The highest BCUT2D eigenvalue weighted by Gasteiger charge is 2.27. The largest absolute Gasteiger partial charge is 0.465 e. The van der Waals surface area contributed by atoms with Gasteiger partial charge in [0.2, 0.25) is 10.0 Å². The van der Waals surface area contributed by atoms with Crippen LogP contribution < -0.4 is 4.72 Å². The van der Waals surface area contributed by atoms with Crippen molar-refractivity contribution in [1.29, 1.82) is 0 Å². The lowest BCUT2D eigenvalue weighted by atomic mass is 9.95. The second kappa shape index (κ2) is 5.50. The number of nitrogens with one attached hydrogen (secondary N) is 1. The van der Waals surface area contributed by atoms with Gasteiger partial charge in [-0.05, 0) is 38.2 Å². The number of aryl methyl sites for hydroxylation is 1. The number of carbonyl (C=O) groups excluding carboxylic acids is 1. The van der Waals surface area contributed by atoms with E-state index < -0.39 is 16.0 Å². The predicted molar refractivity (Wildman–Crippen MR) is 75.4 cm³/mol. The first-order chi connectivity index (χ1) is 8.98. The zero-order chi connectivity index (χ0) is 14.0. The highest BCUT2D eigenvalue weighted by Crippen LogP contribution is 2.38. The summed E-state index contributed by atoms with van der Waals surface area (Å²) in [5.41, 5.74) is 1.36. The number of anilines is 1. The molecule has 1 aliphatic rings. The van der Waals surface area contributed by atoms with Crippen LogP contribution in [0.1, 0.15) is 40.6 Å². The highest BCUT2D eigenvalue weighted by atomic mass is 32.2. The van der Waals surface area contributed by atoms with Crippen LogP contribution in [0.2, 0.25) is 0 Å². The summed E-state index contributed by atoms with van der Waals surface area (Å²) in [6.07, 6.45) is 3.81. The fraction of sp³-hybridized carbons (Fsp3) is 0.583. The number of sulfonamides is 1. The van der Waals surface area contributed by atoms with Crippen LogP contribution in [0, 0.1) is 0 Å². The lowest BCUT2D eigenvalue weighted by molar-refractivity contribution is 0.0601. The molecule has 106 valence electrons. The van der Waals surface area contributed by atoms with Crippen molar-refractivity contribution in [2.24, 2.45) is 0 Å². The lowest BCUT2D eigenvalue weighted by Crippen LogP contribution is -2.16. The third kappa shape index (κ3) is 2.92. The van der Waals surface area contributed by atoms with Crippen molar-refractivity contribution in [2.75, 3.05) is 17.6 Å². The van der Waals surface area contributed by atoms with Crippen LogP contribution in [-0.4, -0.2) is 27.2 Å². The zero-order valence-corrected chi connectivity index (χ0v) is 12.6. The van der Waals surface area contributed by atoms with E-state index >= 15 is 0 Å². The average Bonchev–Trinajstić information content (AvgIpc) is 2.75. The highest BCUT2D eigenvalue weighted by molar-refractivity contribution is 7.92. The van der Waals surface area contributed by atoms with E-state index in [1.54, 1.807) is 6.92 Å². The van der Waals surface area contributed by atoms with Gasteiger partial charge in [0.1, 0.15) is 5.00 Å². The van der Waals surface area contributed by atoms with Gasteiger partial charge in [0.15, 0.2) is 0 Å². The van der Waals surface area contributed by atoms with E-state index in [-0.39, 0.29) is 5.75 Å². The number of hydrogen-bond donors (Lipinski definition) is 1. The molecule has 0 unspecified atom stereocenters. The molecule has 1 aromatic heterocycles. The van der Waals surface area contributed by atoms with Crippen LogP contribution in [0.25, 0.3) is 0 Å². The Morgan fingerprint density at radius 2 is 2.05 bits per heavy atom. The van der Waals surface area contributed by atoms with E-state index in [0.29, 0.717) is 10.6 Å². The maximum absolute atomic E-state index is 11.9. The van der Waals surface area contributed by atoms with Crippen LogP contribution in [-0.2, 0) is 27.6 Å². The molecule has 0 aliphatic heterocycles. The standard InChI is InChI=1S/C12H17NO4S2/c1-3-19(15,16)13-11-10(12(14)17-2)8-6-4-5-7-9(8)18-11/h13H,3-7H2,1-2H3. The van der Waals surface area contributed by atoms with E-state index in [0.717, 1.165) is 36.1 Å². The Kier molecular flexibility index (Phi) is 4.15. The third-order valence-electron chi connectivity index (χ3n) is 3.19.